The maximum atomic E-state index is 15.0. The van der Waals surface area contributed by atoms with Crippen molar-refractivity contribution in [2.75, 3.05) is 4.31 Å². The van der Waals surface area contributed by atoms with E-state index in [0.29, 0.717) is 23.3 Å². The molecule has 3 rings (SSSR count). The summed E-state index contributed by atoms with van der Waals surface area (Å²) in [5, 5.41) is 8.41. The van der Waals surface area contributed by atoms with Crippen LogP contribution < -0.4 is 4.31 Å². The first-order valence-electron chi connectivity index (χ1n) is 10.3. The zero-order chi connectivity index (χ0) is 25.0. The number of hydrogen-bond acceptors (Lipinski definition) is 3. The van der Waals surface area contributed by atoms with Crippen LogP contribution in [0.1, 0.15) is 36.9 Å². The largest absolute Gasteiger partial charge is 0.481 e. The Morgan fingerprint density at radius 1 is 1.03 bits per heavy atom. The minimum atomic E-state index is -4.42. The third-order valence-corrected chi connectivity index (χ3v) is 7.46. The fourth-order valence-electron chi connectivity index (χ4n) is 3.69. The van der Waals surface area contributed by atoms with Crippen molar-refractivity contribution in [2.45, 2.75) is 37.1 Å². The number of nitrogens with zero attached hydrogens (tertiary/aromatic N) is 1. The molecule has 0 unspecified atom stereocenters. The highest BCUT2D eigenvalue weighted by Crippen LogP contribution is 2.38. The van der Waals surface area contributed by atoms with Crippen molar-refractivity contribution in [3.63, 3.8) is 0 Å². The van der Waals surface area contributed by atoms with Crippen LogP contribution in [0, 0.1) is 17.5 Å². The summed E-state index contributed by atoms with van der Waals surface area (Å²) >= 11 is 5.67. The SMILES string of the molecule is C[C@H](c1ccc(F)cc1CCCC(=O)O)N(c1cc(F)c(Cl)cc1F)S(=O)(=O)c1ccccc1. The van der Waals surface area contributed by atoms with Gasteiger partial charge in [-0.25, -0.2) is 21.6 Å². The van der Waals surface area contributed by atoms with E-state index in [1.807, 2.05) is 0 Å². The summed E-state index contributed by atoms with van der Waals surface area (Å²) in [6.45, 7) is 1.46. The predicted molar refractivity (Wildman–Crippen MR) is 123 cm³/mol. The fourth-order valence-corrected chi connectivity index (χ4v) is 5.50. The molecule has 180 valence electrons. The minimum Gasteiger partial charge on any atom is -0.481 e. The lowest BCUT2D eigenvalue weighted by Crippen LogP contribution is -2.35. The quantitative estimate of drug-likeness (QED) is 0.351. The van der Waals surface area contributed by atoms with E-state index in [-0.39, 0.29) is 24.2 Å². The van der Waals surface area contributed by atoms with E-state index in [0.717, 1.165) is 10.4 Å². The molecular formula is C24H21ClF3NO4S. The molecule has 1 N–H and O–H groups in total. The number of hydrogen-bond donors (Lipinski definition) is 1. The lowest BCUT2D eigenvalue weighted by Gasteiger charge is -2.32. The molecule has 0 aliphatic rings. The Labute approximate surface area is 200 Å². The van der Waals surface area contributed by atoms with Crippen molar-refractivity contribution in [1.29, 1.82) is 0 Å². The van der Waals surface area contributed by atoms with Crippen molar-refractivity contribution in [3.05, 3.63) is 94.3 Å². The van der Waals surface area contributed by atoms with Gasteiger partial charge < -0.3 is 5.11 Å². The van der Waals surface area contributed by atoms with Crippen LogP contribution in [0.15, 0.2) is 65.6 Å². The van der Waals surface area contributed by atoms with E-state index in [2.05, 4.69) is 0 Å². The van der Waals surface area contributed by atoms with E-state index in [1.54, 1.807) is 6.07 Å². The Hall–Kier alpha value is -3.04. The number of carboxylic acids is 1. The maximum Gasteiger partial charge on any atom is 0.303 e. The average molecular weight is 512 g/mol. The van der Waals surface area contributed by atoms with E-state index in [9.17, 15) is 26.4 Å². The van der Waals surface area contributed by atoms with Gasteiger partial charge in [-0.3, -0.25) is 9.10 Å². The van der Waals surface area contributed by atoms with Crippen molar-refractivity contribution >= 4 is 33.3 Å². The van der Waals surface area contributed by atoms with Crippen LogP contribution in [0.5, 0.6) is 0 Å². The average Bonchev–Trinajstić information content (AvgIpc) is 2.77. The molecule has 0 saturated heterocycles. The lowest BCUT2D eigenvalue weighted by molar-refractivity contribution is -0.137. The molecule has 10 heteroatoms. The fraction of sp³-hybridized carbons (Fsp3) is 0.208. The van der Waals surface area contributed by atoms with Gasteiger partial charge in [-0.1, -0.05) is 35.9 Å². The number of carbonyl (C=O) groups is 1. The van der Waals surface area contributed by atoms with E-state index in [4.69, 9.17) is 16.7 Å². The van der Waals surface area contributed by atoms with Crippen molar-refractivity contribution in [2.24, 2.45) is 0 Å². The van der Waals surface area contributed by atoms with Crippen LogP contribution in [0.2, 0.25) is 5.02 Å². The monoisotopic (exact) mass is 511 g/mol. The first kappa shape index (κ1) is 25.6. The van der Waals surface area contributed by atoms with E-state index in [1.165, 1.54) is 43.3 Å². The Morgan fingerprint density at radius 2 is 1.71 bits per heavy atom. The highest BCUT2D eigenvalue weighted by Gasteiger charge is 2.34. The molecule has 1 atom stereocenters. The molecule has 0 radical (unpaired) electrons. The zero-order valence-corrected chi connectivity index (χ0v) is 19.6. The smallest absolute Gasteiger partial charge is 0.303 e. The summed E-state index contributed by atoms with van der Waals surface area (Å²) in [7, 11) is -4.42. The molecule has 0 saturated carbocycles. The molecule has 0 aliphatic heterocycles. The van der Waals surface area contributed by atoms with Gasteiger partial charge in [-0.05, 0) is 61.2 Å². The Morgan fingerprint density at radius 3 is 2.35 bits per heavy atom. The molecule has 34 heavy (non-hydrogen) atoms. The predicted octanol–water partition coefficient (Wildman–Crippen LogP) is 6.12. The van der Waals surface area contributed by atoms with Crippen LogP contribution >= 0.6 is 11.6 Å². The number of aliphatic carboxylic acids is 1. The summed E-state index contributed by atoms with van der Waals surface area (Å²) < 4.78 is 71.3. The van der Waals surface area contributed by atoms with Crippen molar-refractivity contribution in [1.82, 2.24) is 0 Å². The first-order valence-corrected chi connectivity index (χ1v) is 12.1. The molecule has 3 aromatic carbocycles. The molecule has 3 aromatic rings. The van der Waals surface area contributed by atoms with E-state index < -0.39 is 50.2 Å². The molecule has 0 fully saturated rings. The number of carboxylic acid groups (broad SMARTS) is 1. The highest BCUT2D eigenvalue weighted by atomic mass is 35.5. The molecule has 0 aromatic heterocycles. The van der Waals surface area contributed by atoms with Crippen molar-refractivity contribution in [3.8, 4) is 0 Å². The topological polar surface area (TPSA) is 74.7 Å². The highest BCUT2D eigenvalue weighted by molar-refractivity contribution is 7.92. The summed E-state index contributed by atoms with van der Waals surface area (Å²) in [4.78, 5) is 10.7. The Kier molecular flexibility index (Phi) is 7.89. The molecule has 0 heterocycles. The van der Waals surface area contributed by atoms with Crippen LogP contribution in [0.25, 0.3) is 0 Å². The first-order chi connectivity index (χ1) is 16.0. The van der Waals surface area contributed by atoms with Gasteiger partial charge in [-0.2, -0.15) is 0 Å². The van der Waals surface area contributed by atoms with Crippen molar-refractivity contribution < 1.29 is 31.5 Å². The van der Waals surface area contributed by atoms with Gasteiger partial charge in [0.15, 0.2) is 0 Å². The molecule has 0 amide bonds. The van der Waals surface area contributed by atoms with Crippen LogP contribution in [-0.4, -0.2) is 19.5 Å². The number of halogens is 4. The number of sulfonamides is 1. The van der Waals surface area contributed by atoms with Gasteiger partial charge in [-0.15, -0.1) is 0 Å². The molecular weight excluding hydrogens is 491 g/mol. The maximum absolute atomic E-state index is 15.0. The number of rotatable bonds is 9. The zero-order valence-electron chi connectivity index (χ0n) is 18.0. The Bertz CT molecular complexity index is 1300. The van der Waals surface area contributed by atoms with Gasteiger partial charge in [0.05, 0.1) is 21.6 Å². The third kappa shape index (κ3) is 5.53. The molecule has 0 aliphatic carbocycles. The third-order valence-electron chi connectivity index (χ3n) is 5.27. The number of anilines is 1. The second-order valence-electron chi connectivity index (χ2n) is 7.60. The van der Waals surface area contributed by atoms with Crippen LogP contribution in [0.4, 0.5) is 18.9 Å². The number of benzene rings is 3. The molecule has 0 spiro atoms. The molecule has 5 nitrogen and oxygen atoms in total. The standard InChI is InChI=1S/C24H21ClF3NO4S/c1-15(19-11-10-17(26)12-16(19)6-5-9-24(30)31)29(23-14-21(27)20(25)13-22(23)28)34(32,33)18-7-3-2-4-8-18/h2-4,7-8,10-15H,5-6,9H2,1H3,(H,30,31)/t15-/m1/s1. The summed E-state index contributed by atoms with van der Waals surface area (Å²) in [6.07, 6.45) is 0.141. The normalized spacial score (nSPS) is 12.4. The van der Waals surface area contributed by atoms with Gasteiger partial charge in [0.25, 0.3) is 10.0 Å². The van der Waals surface area contributed by atoms with Gasteiger partial charge >= 0.3 is 5.97 Å². The summed E-state index contributed by atoms with van der Waals surface area (Å²) in [5.41, 5.74) is 0.108. The van der Waals surface area contributed by atoms with E-state index >= 15 is 0 Å². The second-order valence-corrected chi connectivity index (χ2v) is 9.82. The lowest BCUT2D eigenvalue weighted by atomic mass is 9.96. The van der Waals surface area contributed by atoms with Gasteiger partial charge in [0.1, 0.15) is 17.5 Å². The van der Waals surface area contributed by atoms with Crippen LogP contribution in [0.3, 0.4) is 0 Å². The summed E-state index contributed by atoms with van der Waals surface area (Å²) in [5.74, 6) is -3.70. The number of aryl methyl sites for hydroxylation is 1. The van der Waals surface area contributed by atoms with Crippen LogP contribution in [-0.2, 0) is 21.2 Å². The van der Waals surface area contributed by atoms with Gasteiger partial charge in [0.2, 0.25) is 0 Å². The van der Waals surface area contributed by atoms with Gasteiger partial charge in [0, 0.05) is 12.5 Å². The Balaban J connectivity index is 2.19. The molecule has 0 bridgehead atoms. The summed E-state index contributed by atoms with van der Waals surface area (Å²) in [6, 6.07) is 11.2. The second kappa shape index (κ2) is 10.5. The minimum absolute atomic E-state index is 0.139.